The van der Waals surface area contributed by atoms with Crippen molar-refractivity contribution in [2.24, 2.45) is 0 Å². The Bertz CT molecular complexity index is 594. The van der Waals surface area contributed by atoms with Crippen LogP contribution in [0.3, 0.4) is 0 Å². The summed E-state index contributed by atoms with van der Waals surface area (Å²) in [5.74, 6) is 0.386. The van der Waals surface area contributed by atoms with Gasteiger partial charge in [0.15, 0.2) is 5.78 Å². The maximum Gasteiger partial charge on any atom is 0.159 e. The van der Waals surface area contributed by atoms with E-state index in [0.29, 0.717) is 16.9 Å². The fourth-order valence-electron chi connectivity index (χ4n) is 1.61. The third kappa shape index (κ3) is 3.58. The van der Waals surface area contributed by atoms with Crippen molar-refractivity contribution in [2.75, 3.05) is 0 Å². The predicted molar refractivity (Wildman–Crippen MR) is 74.1 cm³/mol. The number of phenols is 1. The van der Waals surface area contributed by atoms with Gasteiger partial charge in [-0.2, -0.15) is 0 Å². The zero-order valence-corrected chi connectivity index (χ0v) is 11.2. The number of hydrogen-bond acceptors (Lipinski definition) is 3. The minimum Gasteiger partial charge on any atom is -0.508 e. The summed E-state index contributed by atoms with van der Waals surface area (Å²) in [5.41, 5.74) is 1.27. The van der Waals surface area contributed by atoms with Crippen LogP contribution in [0.15, 0.2) is 47.4 Å². The third-order valence-electron chi connectivity index (χ3n) is 2.69. The minimum atomic E-state index is -0.272. The molecular formula is C15H13FO2S. The van der Waals surface area contributed by atoms with E-state index in [-0.39, 0.29) is 17.3 Å². The standard InChI is InChI=1S/C15H13FO2S/c1-10(17)11-2-7-15(18)12(8-11)9-19-14-5-3-13(16)4-6-14/h2-8,18H,9H2,1H3. The van der Waals surface area contributed by atoms with Gasteiger partial charge in [0, 0.05) is 21.8 Å². The SMILES string of the molecule is CC(=O)c1ccc(O)c(CSc2ccc(F)cc2)c1. The van der Waals surface area contributed by atoms with Gasteiger partial charge in [0.05, 0.1) is 0 Å². The van der Waals surface area contributed by atoms with Crippen molar-refractivity contribution in [3.63, 3.8) is 0 Å². The van der Waals surface area contributed by atoms with Crippen LogP contribution in [-0.4, -0.2) is 10.9 Å². The molecule has 0 atom stereocenters. The van der Waals surface area contributed by atoms with Crippen LogP contribution >= 0.6 is 11.8 Å². The topological polar surface area (TPSA) is 37.3 Å². The highest BCUT2D eigenvalue weighted by atomic mass is 32.2. The first-order chi connectivity index (χ1) is 9.06. The Morgan fingerprint density at radius 3 is 2.53 bits per heavy atom. The van der Waals surface area contributed by atoms with E-state index in [2.05, 4.69) is 0 Å². The smallest absolute Gasteiger partial charge is 0.159 e. The minimum absolute atomic E-state index is 0.0342. The van der Waals surface area contributed by atoms with Crippen molar-refractivity contribution in [1.82, 2.24) is 0 Å². The lowest BCUT2D eigenvalue weighted by Gasteiger charge is -2.06. The van der Waals surface area contributed by atoms with E-state index in [1.54, 1.807) is 24.3 Å². The molecule has 0 saturated carbocycles. The van der Waals surface area contributed by atoms with Crippen LogP contribution < -0.4 is 0 Å². The van der Waals surface area contributed by atoms with Gasteiger partial charge < -0.3 is 5.11 Å². The molecule has 2 nitrogen and oxygen atoms in total. The van der Waals surface area contributed by atoms with E-state index in [4.69, 9.17) is 0 Å². The van der Waals surface area contributed by atoms with Gasteiger partial charge in [0.1, 0.15) is 11.6 Å². The lowest BCUT2D eigenvalue weighted by atomic mass is 10.1. The highest BCUT2D eigenvalue weighted by molar-refractivity contribution is 7.98. The summed E-state index contributed by atoms with van der Waals surface area (Å²) in [5, 5.41) is 9.75. The second-order valence-corrected chi connectivity index (χ2v) is 5.19. The maximum absolute atomic E-state index is 12.8. The highest BCUT2D eigenvalue weighted by Gasteiger charge is 2.06. The molecule has 0 aliphatic heterocycles. The first-order valence-electron chi connectivity index (χ1n) is 5.77. The van der Waals surface area contributed by atoms with Crippen LogP contribution in [0.5, 0.6) is 5.75 Å². The Morgan fingerprint density at radius 1 is 1.21 bits per heavy atom. The van der Waals surface area contributed by atoms with E-state index in [0.717, 1.165) is 4.90 Å². The molecule has 0 saturated heterocycles. The third-order valence-corrected chi connectivity index (χ3v) is 3.75. The number of rotatable bonds is 4. The molecule has 0 spiro atoms. The van der Waals surface area contributed by atoms with Gasteiger partial charge in [-0.1, -0.05) is 0 Å². The van der Waals surface area contributed by atoms with Gasteiger partial charge in [-0.25, -0.2) is 4.39 Å². The predicted octanol–water partition coefficient (Wildman–Crippen LogP) is 4.03. The number of thioether (sulfide) groups is 1. The van der Waals surface area contributed by atoms with Gasteiger partial charge in [-0.3, -0.25) is 4.79 Å². The summed E-state index contributed by atoms with van der Waals surface area (Å²) in [6, 6.07) is 11.0. The summed E-state index contributed by atoms with van der Waals surface area (Å²) in [7, 11) is 0. The summed E-state index contributed by atoms with van der Waals surface area (Å²) in [6.45, 7) is 1.49. The van der Waals surface area contributed by atoms with Crippen molar-refractivity contribution in [3.8, 4) is 5.75 Å². The second-order valence-electron chi connectivity index (χ2n) is 4.14. The van der Waals surface area contributed by atoms with Gasteiger partial charge in [-0.05, 0) is 49.4 Å². The van der Waals surface area contributed by atoms with Crippen LogP contribution in [0.4, 0.5) is 4.39 Å². The molecule has 0 aromatic heterocycles. The number of ketones is 1. The molecule has 2 aromatic carbocycles. The molecule has 0 unspecified atom stereocenters. The fraction of sp³-hybridized carbons (Fsp3) is 0.133. The lowest BCUT2D eigenvalue weighted by Crippen LogP contribution is -1.93. The number of benzene rings is 2. The molecule has 2 rings (SSSR count). The molecule has 0 heterocycles. The number of hydrogen-bond donors (Lipinski definition) is 1. The molecule has 0 aliphatic carbocycles. The fourth-order valence-corrected chi connectivity index (χ4v) is 2.49. The Morgan fingerprint density at radius 2 is 1.89 bits per heavy atom. The first-order valence-corrected chi connectivity index (χ1v) is 6.76. The average molecular weight is 276 g/mol. The van der Waals surface area contributed by atoms with E-state index in [1.165, 1.54) is 36.9 Å². The molecule has 0 fully saturated rings. The van der Waals surface area contributed by atoms with Crippen LogP contribution in [-0.2, 0) is 5.75 Å². The number of carbonyl (C=O) groups excluding carboxylic acids is 1. The van der Waals surface area contributed by atoms with Crippen LogP contribution in [0.2, 0.25) is 0 Å². The van der Waals surface area contributed by atoms with Gasteiger partial charge in [0.25, 0.3) is 0 Å². The number of halogens is 1. The molecular weight excluding hydrogens is 263 g/mol. The summed E-state index contributed by atoms with van der Waals surface area (Å²) in [6.07, 6.45) is 0. The number of carbonyl (C=O) groups is 1. The second kappa shape index (κ2) is 5.89. The normalized spacial score (nSPS) is 10.4. The van der Waals surface area contributed by atoms with Crippen molar-refractivity contribution < 1.29 is 14.3 Å². The Hall–Kier alpha value is -1.81. The number of Topliss-reactive ketones (excluding diaryl/α,β-unsaturated/α-hetero) is 1. The highest BCUT2D eigenvalue weighted by Crippen LogP contribution is 2.28. The maximum atomic E-state index is 12.8. The summed E-state index contributed by atoms with van der Waals surface area (Å²) >= 11 is 1.48. The van der Waals surface area contributed by atoms with Gasteiger partial charge in [-0.15, -0.1) is 11.8 Å². The zero-order valence-electron chi connectivity index (χ0n) is 10.4. The Labute approximate surface area is 115 Å². The largest absolute Gasteiger partial charge is 0.508 e. The molecule has 2 aromatic rings. The van der Waals surface area contributed by atoms with E-state index in [1.807, 2.05) is 0 Å². The van der Waals surface area contributed by atoms with E-state index in [9.17, 15) is 14.3 Å². The van der Waals surface area contributed by atoms with E-state index >= 15 is 0 Å². The molecule has 0 bridgehead atoms. The molecule has 0 amide bonds. The molecule has 0 aliphatic rings. The molecule has 1 N–H and O–H groups in total. The monoisotopic (exact) mass is 276 g/mol. The van der Waals surface area contributed by atoms with Crippen LogP contribution in [0.1, 0.15) is 22.8 Å². The first kappa shape index (κ1) is 13.6. The van der Waals surface area contributed by atoms with Crippen LogP contribution in [0, 0.1) is 5.82 Å². The molecule has 19 heavy (non-hydrogen) atoms. The zero-order chi connectivity index (χ0) is 13.8. The molecule has 4 heteroatoms. The average Bonchev–Trinajstić information content (AvgIpc) is 2.39. The Kier molecular flexibility index (Phi) is 4.22. The molecule has 0 radical (unpaired) electrons. The number of aromatic hydroxyl groups is 1. The van der Waals surface area contributed by atoms with Gasteiger partial charge >= 0.3 is 0 Å². The van der Waals surface area contributed by atoms with Crippen molar-refractivity contribution >= 4 is 17.5 Å². The quantitative estimate of drug-likeness (QED) is 0.676. The van der Waals surface area contributed by atoms with Crippen molar-refractivity contribution in [1.29, 1.82) is 0 Å². The van der Waals surface area contributed by atoms with Crippen molar-refractivity contribution in [3.05, 3.63) is 59.4 Å². The summed E-state index contributed by atoms with van der Waals surface area (Å²) in [4.78, 5) is 12.2. The van der Waals surface area contributed by atoms with E-state index < -0.39 is 0 Å². The van der Waals surface area contributed by atoms with Crippen molar-refractivity contribution in [2.45, 2.75) is 17.6 Å². The molecule has 98 valence electrons. The Balaban J connectivity index is 2.12. The summed E-state index contributed by atoms with van der Waals surface area (Å²) < 4.78 is 12.8. The van der Waals surface area contributed by atoms with Gasteiger partial charge in [0.2, 0.25) is 0 Å². The lowest BCUT2D eigenvalue weighted by molar-refractivity contribution is 0.101. The number of phenolic OH excluding ortho intramolecular Hbond substituents is 1. The van der Waals surface area contributed by atoms with Crippen LogP contribution in [0.25, 0.3) is 0 Å².